The van der Waals surface area contributed by atoms with Crippen molar-refractivity contribution >= 4 is 37.4 Å². The van der Waals surface area contributed by atoms with Gasteiger partial charge in [0, 0.05) is 32.3 Å². The lowest BCUT2D eigenvalue weighted by atomic mass is 10.1. The summed E-state index contributed by atoms with van der Waals surface area (Å²) in [7, 11) is 0. The molecule has 0 N–H and O–H groups in total. The third-order valence-electron chi connectivity index (χ3n) is 3.05. The van der Waals surface area contributed by atoms with Crippen LogP contribution in [0.25, 0.3) is 21.5 Å². The molecule has 2 aromatic heterocycles. The summed E-state index contributed by atoms with van der Waals surface area (Å²) in [4.78, 5) is 9.13. The van der Waals surface area contributed by atoms with Gasteiger partial charge >= 0.3 is 0 Å². The van der Waals surface area contributed by atoms with E-state index in [1.807, 2.05) is 13.8 Å². The highest BCUT2D eigenvalue weighted by Crippen LogP contribution is 2.33. The SMILES string of the molecule is Cc1nc(-c2csc3ccccc23)nc(Br)c1C. The monoisotopic (exact) mass is 318 g/mol. The zero-order valence-corrected chi connectivity index (χ0v) is 12.5. The summed E-state index contributed by atoms with van der Waals surface area (Å²) in [5, 5.41) is 3.35. The van der Waals surface area contributed by atoms with E-state index >= 15 is 0 Å². The highest BCUT2D eigenvalue weighted by atomic mass is 79.9. The van der Waals surface area contributed by atoms with Crippen LogP contribution in [-0.4, -0.2) is 9.97 Å². The minimum atomic E-state index is 0.794. The number of nitrogens with zero attached hydrogens (tertiary/aromatic N) is 2. The Hall–Kier alpha value is -1.26. The van der Waals surface area contributed by atoms with Crippen molar-refractivity contribution in [2.45, 2.75) is 13.8 Å². The topological polar surface area (TPSA) is 25.8 Å². The third-order valence-corrected chi connectivity index (χ3v) is 4.79. The fraction of sp³-hybridized carbons (Fsp3) is 0.143. The van der Waals surface area contributed by atoms with Crippen LogP contribution in [0.1, 0.15) is 11.3 Å². The van der Waals surface area contributed by atoms with Crippen molar-refractivity contribution in [1.82, 2.24) is 9.97 Å². The molecule has 3 aromatic rings. The van der Waals surface area contributed by atoms with Gasteiger partial charge in [-0.3, -0.25) is 0 Å². The molecule has 2 heterocycles. The van der Waals surface area contributed by atoms with Crippen molar-refractivity contribution in [1.29, 1.82) is 0 Å². The number of thiophene rings is 1. The van der Waals surface area contributed by atoms with E-state index in [-0.39, 0.29) is 0 Å². The molecule has 2 nitrogen and oxygen atoms in total. The van der Waals surface area contributed by atoms with E-state index in [0.717, 1.165) is 27.2 Å². The molecule has 0 unspecified atom stereocenters. The Morgan fingerprint density at radius 2 is 1.89 bits per heavy atom. The Morgan fingerprint density at radius 3 is 2.67 bits per heavy atom. The van der Waals surface area contributed by atoms with Gasteiger partial charge < -0.3 is 0 Å². The van der Waals surface area contributed by atoms with Gasteiger partial charge in [0.1, 0.15) is 4.60 Å². The smallest absolute Gasteiger partial charge is 0.162 e. The number of hydrogen-bond donors (Lipinski definition) is 0. The lowest BCUT2D eigenvalue weighted by molar-refractivity contribution is 1.05. The van der Waals surface area contributed by atoms with E-state index in [4.69, 9.17) is 0 Å². The highest BCUT2D eigenvalue weighted by molar-refractivity contribution is 9.10. The first-order valence-electron chi connectivity index (χ1n) is 5.64. The van der Waals surface area contributed by atoms with Gasteiger partial charge in [-0.15, -0.1) is 11.3 Å². The molecule has 0 bridgehead atoms. The van der Waals surface area contributed by atoms with Gasteiger partial charge in [-0.25, -0.2) is 9.97 Å². The van der Waals surface area contributed by atoms with Gasteiger partial charge in [0.15, 0.2) is 5.82 Å². The van der Waals surface area contributed by atoms with Gasteiger partial charge in [-0.1, -0.05) is 18.2 Å². The first-order chi connectivity index (χ1) is 8.66. The van der Waals surface area contributed by atoms with Crippen LogP contribution in [0.5, 0.6) is 0 Å². The third kappa shape index (κ3) is 1.85. The maximum Gasteiger partial charge on any atom is 0.162 e. The van der Waals surface area contributed by atoms with Crippen LogP contribution in [0.3, 0.4) is 0 Å². The zero-order chi connectivity index (χ0) is 12.7. The Balaban J connectivity index is 2.26. The average Bonchev–Trinajstić information content (AvgIpc) is 2.79. The van der Waals surface area contributed by atoms with Crippen LogP contribution >= 0.6 is 27.3 Å². The highest BCUT2D eigenvalue weighted by Gasteiger charge is 2.11. The number of aryl methyl sites for hydroxylation is 1. The standard InChI is InChI=1S/C14H11BrN2S/c1-8-9(2)16-14(17-13(8)15)11-7-18-12-6-4-3-5-10(11)12/h3-7H,1-2H3. The number of halogens is 1. The second kappa shape index (κ2) is 4.44. The summed E-state index contributed by atoms with van der Waals surface area (Å²) in [5.41, 5.74) is 3.22. The summed E-state index contributed by atoms with van der Waals surface area (Å²) >= 11 is 5.23. The van der Waals surface area contributed by atoms with E-state index in [1.165, 1.54) is 10.1 Å². The normalized spacial score (nSPS) is 11.1. The van der Waals surface area contributed by atoms with Gasteiger partial charge in [-0.2, -0.15) is 0 Å². The molecule has 0 amide bonds. The van der Waals surface area contributed by atoms with Crippen LogP contribution in [0, 0.1) is 13.8 Å². The number of rotatable bonds is 1. The van der Waals surface area contributed by atoms with Crippen molar-refractivity contribution in [2.24, 2.45) is 0 Å². The summed E-state index contributed by atoms with van der Waals surface area (Å²) in [5.74, 6) is 0.794. The largest absolute Gasteiger partial charge is 0.233 e. The Morgan fingerprint density at radius 1 is 1.11 bits per heavy atom. The molecule has 90 valence electrons. The Bertz CT molecular complexity index is 710. The number of fused-ring (bicyclic) bond motifs is 1. The Labute approximate surface area is 118 Å². The summed E-state index contributed by atoms with van der Waals surface area (Å²) in [6.07, 6.45) is 0. The molecule has 4 heteroatoms. The van der Waals surface area contributed by atoms with Crippen LogP contribution in [0.2, 0.25) is 0 Å². The van der Waals surface area contributed by atoms with Crippen molar-refractivity contribution in [3.63, 3.8) is 0 Å². The Kier molecular flexibility index (Phi) is 2.92. The molecule has 3 rings (SSSR count). The molecule has 0 atom stereocenters. The molecular weight excluding hydrogens is 308 g/mol. The number of benzene rings is 1. The van der Waals surface area contributed by atoms with E-state index < -0.39 is 0 Å². The lowest BCUT2D eigenvalue weighted by Gasteiger charge is -2.05. The number of aromatic nitrogens is 2. The molecule has 0 aliphatic carbocycles. The van der Waals surface area contributed by atoms with Crippen LogP contribution in [0.15, 0.2) is 34.2 Å². The molecule has 0 aliphatic rings. The minimum Gasteiger partial charge on any atom is -0.233 e. The van der Waals surface area contributed by atoms with Gasteiger partial charge in [0.05, 0.1) is 0 Å². The van der Waals surface area contributed by atoms with Crippen molar-refractivity contribution in [3.8, 4) is 11.4 Å². The molecule has 0 spiro atoms. The summed E-state index contributed by atoms with van der Waals surface area (Å²) < 4.78 is 2.14. The molecule has 0 aliphatic heterocycles. The summed E-state index contributed by atoms with van der Waals surface area (Å²) in [6.45, 7) is 4.04. The quantitative estimate of drug-likeness (QED) is 0.606. The molecule has 18 heavy (non-hydrogen) atoms. The predicted octanol–water partition coefficient (Wildman–Crippen LogP) is 4.74. The van der Waals surface area contributed by atoms with E-state index in [0.29, 0.717) is 0 Å². The van der Waals surface area contributed by atoms with Gasteiger partial charge in [0.25, 0.3) is 0 Å². The van der Waals surface area contributed by atoms with Gasteiger partial charge in [-0.05, 0) is 35.8 Å². The maximum absolute atomic E-state index is 4.59. The van der Waals surface area contributed by atoms with Crippen LogP contribution < -0.4 is 0 Å². The lowest BCUT2D eigenvalue weighted by Crippen LogP contribution is -1.96. The average molecular weight is 319 g/mol. The molecular formula is C14H11BrN2S. The van der Waals surface area contributed by atoms with Crippen LogP contribution in [-0.2, 0) is 0 Å². The fourth-order valence-electron chi connectivity index (χ4n) is 1.87. The summed E-state index contributed by atoms with van der Waals surface area (Å²) in [6, 6.07) is 8.35. The molecule has 0 radical (unpaired) electrons. The zero-order valence-electron chi connectivity index (χ0n) is 10.1. The fourth-order valence-corrected chi connectivity index (χ4v) is 3.26. The van der Waals surface area contributed by atoms with E-state index in [1.54, 1.807) is 11.3 Å². The molecule has 0 fully saturated rings. The second-order valence-corrected chi connectivity index (χ2v) is 5.86. The maximum atomic E-state index is 4.59. The first kappa shape index (κ1) is 11.8. The van der Waals surface area contributed by atoms with Crippen molar-refractivity contribution < 1.29 is 0 Å². The first-order valence-corrected chi connectivity index (χ1v) is 7.31. The van der Waals surface area contributed by atoms with Crippen LogP contribution in [0.4, 0.5) is 0 Å². The molecule has 1 aromatic carbocycles. The van der Waals surface area contributed by atoms with Crippen molar-refractivity contribution in [2.75, 3.05) is 0 Å². The predicted molar refractivity (Wildman–Crippen MR) is 80.0 cm³/mol. The molecule has 0 saturated heterocycles. The molecule has 0 saturated carbocycles. The number of hydrogen-bond acceptors (Lipinski definition) is 3. The minimum absolute atomic E-state index is 0.794. The van der Waals surface area contributed by atoms with Crippen molar-refractivity contribution in [3.05, 3.63) is 45.5 Å². The van der Waals surface area contributed by atoms with Gasteiger partial charge in [0.2, 0.25) is 0 Å². The van der Waals surface area contributed by atoms with E-state index in [2.05, 4.69) is 55.5 Å². The van der Waals surface area contributed by atoms with E-state index in [9.17, 15) is 0 Å². The second-order valence-electron chi connectivity index (χ2n) is 4.19.